The molecule has 0 radical (unpaired) electrons. The van der Waals surface area contributed by atoms with Crippen LogP contribution in [-0.4, -0.2) is 28.4 Å². The SMILES string of the molecule is C=CCNC(=NCc1cn2cc(Br)ccc2n1)NCC. The third kappa shape index (κ3) is 3.84. The number of fused-ring (bicyclic) bond motifs is 1. The molecule has 5 nitrogen and oxygen atoms in total. The van der Waals surface area contributed by atoms with Crippen molar-refractivity contribution in [3.8, 4) is 0 Å². The number of imidazole rings is 1. The number of aromatic nitrogens is 2. The molecule has 0 aromatic carbocycles. The predicted octanol–water partition coefficient (Wildman–Crippen LogP) is 2.34. The fraction of sp³-hybridized carbons (Fsp3) is 0.286. The summed E-state index contributed by atoms with van der Waals surface area (Å²) in [6, 6.07) is 3.95. The zero-order chi connectivity index (χ0) is 14.4. The van der Waals surface area contributed by atoms with Crippen molar-refractivity contribution in [2.75, 3.05) is 13.1 Å². The molecular weight excluding hydrogens is 318 g/mol. The normalized spacial score (nSPS) is 11.6. The summed E-state index contributed by atoms with van der Waals surface area (Å²) in [5, 5.41) is 6.34. The van der Waals surface area contributed by atoms with Gasteiger partial charge in [-0.1, -0.05) is 6.08 Å². The van der Waals surface area contributed by atoms with E-state index in [1.807, 2.05) is 35.9 Å². The van der Waals surface area contributed by atoms with E-state index in [0.29, 0.717) is 13.1 Å². The van der Waals surface area contributed by atoms with E-state index in [4.69, 9.17) is 0 Å². The van der Waals surface area contributed by atoms with E-state index in [2.05, 4.69) is 43.1 Å². The lowest BCUT2D eigenvalue weighted by Crippen LogP contribution is -2.37. The summed E-state index contributed by atoms with van der Waals surface area (Å²) < 4.78 is 3.01. The number of rotatable bonds is 5. The number of halogens is 1. The Bertz CT molecular complexity index is 617. The number of nitrogens with one attached hydrogen (secondary N) is 2. The minimum Gasteiger partial charge on any atom is -0.357 e. The molecule has 2 heterocycles. The van der Waals surface area contributed by atoms with Crippen molar-refractivity contribution < 1.29 is 0 Å². The first kappa shape index (κ1) is 14.6. The fourth-order valence-electron chi connectivity index (χ4n) is 1.76. The summed E-state index contributed by atoms with van der Waals surface area (Å²) in [7, 11) is 0. The number of aliphatic imine (C=N–C) groups is 1. The fourth-order valence-corrected chi connectivity index (χ4v) is 2.12. The third-order valence-corrected chi connectivity index (χ3v) is 3.09. The Kier molecular flexibility index (Phi) is 5.17. The van der Waals surface area contributed by atoms with Crippen LogP contribution < -0.4 is 10.6 Å². The van der Waals surface area contributed by atoms with Gasteiger partial charge >= 0.3 is 0 Å². The molecule has 2 aromatic rings. The lowest BCUT2D eigenvalue weighted by molar-refractivity contribution is 0.855. The number of nitrogens with zero attached hydrogens (tertiary/aromatic N) is 3. The first-order chi connectivity index (χ1) is 9.72. The maximum atomic E-state index is 4.53. The van der Waals surface area contributed by atoms with Gasteiger partial charge in [0.1, 0.15) is 5.65 Å². The molecule has 0 saturated carbocycles. The maximum absolute atomic E-state index is 4.53. The standard InChI is InChI=1S/C14H18BrN5/c1-3-7-17-14(16-4-2)18-8-12-10-20-9-11(15)5-6-13(20)19-12/h3,5-6,9-10H,1,4,7-8H2,2H3,(H2,16,17,18). The van der Waals surface area contributed by atoms with E-state index >= 15 is 0 Å². The Labute approximate surface area is 126 Å². The van der Waals surface area contributed by atoms with Crippen LogP contribution in [0.4, 0.5) is 0 Å². The highest BCUT2D eigenvalue weighted by Crippen LogP contribution is 2.12. The van der Waals surface area contributed by atoms with Crippen LogP contribution in [0, 0.1) is 0 Å². The molecule has 2 rings (SSSR count). The zero-order valence-corrected chi connectivity index (χ0v) is 13.0. The van der Waals surface area contributed by atoms with E-state index < -0.39 is 0 Å². The van der Waals surface area contributed by atoms with E-state index in [-0.39, 0.29) is 0 Å². The molecule has 2 aromatic heterocycles. The lowest BCUT2D eigenvalue weighted by Gasteiger charge is -2.08. The van der Waals surface area contributed by atoms with Crippen molar-refractivity contribution in [2.24, 2.45) is 4.99 Å². The second kappa shape index (κ2) is 7.09. The number of hydrogen-bond donors (Lipinski definition) is 2. The molecule has 0 atom stereocenters. The van der Waals surface area contributed by atoms with E-state index in [1.54, 1.807) is 6.08 Å². The molecule has 0 unspecified atom stereocenters. The van der Waals surface area contributed by atoms with Gasteiger partial charge in [0.25, 0.3) is 0 Å². The summed E-state index contributed by atoms with van der Waals surface area (Å²) in [5.74, 6) is 0.769. The van der Waals surface area contributed by atoms with E-state index in [0.717, 1.165) is 28.3 Å². The van der Waals surface area contributed by atoms with Gasteiger partial charge in [0.2, 0.25) is 0 Å². The van der Waals surface area contributed by atoms with Gasteiger partial charge in [0.05, 0.1) is 12.2 Å². The Hall–Kier alpha value is -1.82. The van der Waals surface area contributed by atoms with Crippen LogP contribution in [-0.2, 0) is 6.54 Å². The monoisotopic (exact) mass is 335 g/mol. The Morgan fingerprint density at radius 2 is 2.30 bits per heavy atom. The molecule has 0 saturated heterocycles. The second-order valence-electron chi connectivity index (χ2n) is 4.21. The van der Waals surface area contributed by atoms with Crippen molar-refractivity contribution in [3.63, 3.8) is 0 Å². The largest absolute Gasteiger partial charge is 0.357 e. The highest BCUT2D eigenvalue weighted by molar-refractivity contribution is 9.10. The minimum absolute atomic E-state index is 0.534. The number of pyridine rings is 1. The first-order valence-corrected chi connectivity index (χ1v) is 7.28. The van der Waals surface area contributed by atoms with Crippen molar-refractivity contribution >= 4 is 27.5 Å². The molecule has 0 spiro atoms. The molecule has 2 N–H and O–H groups in total. The van der Waals surface area contributed by atoms with Crippen LogP contribution >= 0.6 is 15.9 Å². The van der Waals surface area contributed by atoms with Gasteiger partial charge in [0.15, 0.2) is 5.96 Å². The zero-order valence-electron chi connectivity index (χ0n) is 11.4. The van der Waals surface area contributed by atoms with E-state index in [1.165, 1.54) is 0 Å². The van der Waals surface area contributed by atoms with Gasteiger partial charge < -0.3 is 15.0 Å². The quantitative estimate of drug-likeness (QED) is 0.501. The average molecular weight is 336 g/mol. The minimum atomic E-state index is 0.534. The summed E-state index contributed by atoms with van der Waals surface area (Å²) in [5.41, 5.74) is 1.85. The summed E-state index contributed by atoms with van der Waals surface area (Å²) >= 11 is 3.45. The predicted molar refractivity (Wildman–Crippen MR) is 85.9 cm³/mol. The van der Waals surface area contributed by atoms with Crippen molar-refractivity contribution in [1.82, 2.24) is 20.0 Å². The van der Waals surface area contributed by atoms with Crippen LogP contribution in [0.25, 0.3) is 5.65 Å². The van der Waals surface area contributed by atoms with Gasteiger partial charge in [-0.2, -0.15) is 0 Å². The maximum Gasteiger partial charge on any atom is 0.191 e. The molecule has 6 heteroatoms. The second-order valence-corrected chi connectivity index (χ2v) is 5.13. The summed E-state index contributed by atoms with van der Waals surface area (Å²) in [6.45, 7) is 7.76. The molecule has 0 aliphatic heterocycles. The number of hydrogen-bond acceptors (Lipinski definition) is 2. The van der Waals surface area contributed by atoms with Gasteiger partial charge in [-0.3, -0.25) is 0 Å². The first-order valence-electron chi connectivity index (χ1n) is 6.49. The van der Waals surface area contributed by atoms with Gasteiger partial charge in [-0.05, 0) is 35.0 Å². The highest BCUT2D eigenvalue weighted by atomic mass is 79.9. The third-order valence-electron chi connectivity index (χ3n) is 2.62. The van der Waals surface area contributed by atoms with Crippen LogP contribution in [0.5, 0.6) is 0 Å². The molecule has 0 aliphatic rings. The van der Waals surface area contributed by atoms with Crippen LogP contribution in [0.1, 0.15) is 12.6 Å². The molecule has 0 bridgehead atoms. The Morgan fingerprint density at radius 1 is 1.45 bits per heavy atom. The molecule has 106 valence electrons. The average Bonchev–Trinajstić information content (AvgIpc) is 2.83. The van der Waals surface area contributed by atoms with Crippen LogP contribution in [0.15, 0.2) is 46.6 Å². The van der Waals surface area contributed by atoms with Crippen molar-refractivity contribution in [2.45, 2.75) is 13.5 Å². The Morgan fingerprint density at radius 3 is 3.05 bits per heavy atom. The van der Waals surface area contributed by atoms with Gasteiger partial charge in [-0.15, -0.1) is 6.58 Å². The smallest absolute Gasteiger partial charge is 0.191 e. The molecule has 20 heavy (non-hydrogen) atoms. The van der Waals surface area contributed by atoms with Crippen LogP contribution in [0.3, 0.4) is 0 Å². The molecule has 0 fully saturated rings. The lowest BCUT2D eigenvalue weighted by atomic mass is 10.5. The number of guanidine groups is 1. The molecule has 0 amide bonds. The summed E-state index contributed by atoms with van der Waals surface area (Å²) in [6.07, 6.45) is 5.77. The van der Waals surface area contributed by atoms with E-state index in [9.17, 15) is 0 Å². The molecule has 0 aliphatic carbocycles. The van der Waals surface area contributed by atoms with Crippen LogP contribution in [0.2, 0.25) is 0 Å². The van der Waals surface area contributed by atoms with Gasteiger partial charge in [-0.25, -0.2) is 9.98 Å². The van der Waals surface area contributed by atoms with Gasteiger partial charge in [0, 0.05) is 30.0 Å². The topological polar surface area (TPSA) is 53.7 Å². The Balaban J connectivity index is 2.11. The van der Waals surface area contributed by atoms with Crippen molar-refractivity contribution in [3.05, 3.63) is 47.3 Å². The summed E-state index contributed by atoms with van der Waals surface area (Å²) in [4.78, 5) is 9.02. The molecular formula is C14H18BrN5. The highest BCUT2D eigenvalue weighted by Gasteiger charge is 2.02. The van der Waals surface area contributed by atoms with Crippen molar-refractivity contribution in [1.29, 1.82) is 0 Å².